The molecule has 1 fully saturated rings. The van der Waals surface area contributed by atoms with Crippen molar-refractivity contribution in [3.63, 3.8) is 0 Å². The Bertz CT molecular complexity index is 331. The number of rotatable bonds is 5. The molecule has 1 amide bonds. The highest BCUT2D eigenvalue weighted by atomic mass is 35.5. The Labute approximate surface area is 123 Å². The highest BCUT2D eigenvalue weighted by Crippen LogP contribution is 2.41. The first-order valence-corrected chi connectivity index (χ1v) is 7.61. The second kappa shape index (κ2) is 7.01. The maximum Gasteiger partial charge on any atom is 0.392 e. The molecule has 0 aromatic heterocycles. The smallest absolute Gasteiger partial charge is 0.355 e. The molecule has 0 aromatic rings. The summed E-state index contributed by atoms with van der Waals surface area (Å²) >= 11 is 5.67. The molecular formula is C14H23ClF3NO. The van der Waals surface area contributed by atoms with Gasteiger partial charge < -0.3 is 5.32 Å². The fourth-order valence-corrected chi connectivity index (χ4v) is 3.15. The largest absolute Gasteiger partial charge is 0.392 e. The zero-order valence-electron chi connectivity index (χ0n) is 12.0. The normalized spacial score (nSPS) is 24.5. The SMILES string of the molecule is CC(C)(CCCl)CNC(=O)C1CCCCC1C(F)(F)F. The van der Waals surface area contributed by atoms with Gasteiger partial charge in [0.15, 0.2) is 0 Å². The van der Waals surface area contributed by atoms with Crippen LogP contribution in [0.25, 0.3) is 0 Å². The van der Waals surface area contributed by atoms with Gasteiger partial charge in [0.05, 0.1) is 5.92 Å². The first-order valence-electron chi connectivity index (χ1n) is 7.08. The second-order valence-corrected chi connectivity index (χ2v) is 6.74. The number of hydrogen-bond donors (Lipinski definition) is 1. The van der Waals surface area contributed by atoms with E-state index in [9.17, 15) is 18.0 Å². The van der Waals surface area contributed by atoms with Crippen molar-refractivity contribution in [2.24, 2.45) is 17.3 Å². The quantitative estimate of drug-likeness (QED) is 0.760. The molecule has 1 rings (SSSR count). The van der Waals surface area contributed by atoms with Crippen LogP contribution >= 0.6 is 11.6 Å². The number of alkyl halides is 4. The Morgan fingerprint density at radius 2 is 1.85 bits per heavy atom. The van der Waals surface area contributed by atoms with Gasteiger partial charge >= 0.3 is 6.18 Å². The minimum atomic E-state index is -4.28. The third-order valence-corrected chi connectivity index (χ3v) is 4.22. The van der Waals surface area contributed by atoms with Gasteiger partial charge in [-0.1, -0.05) is 26.7 Å². The number of carbonyl (C=O) groups excluding carboxylic acids is 1. The molecule has 2 unspecified atom stereocenters. The summed E-state index contributed by atoms with van der Waals surface area (Å²) in [4.78, 5) is 12.1. The van der Waals surface area contributed by atoms with Gasteiger partial charge in [-0.25, -0.2) is 0 Å². The molecule has 1 N–H and O–H groups in total. The van der Waals surface area contributed by atoms with Crippen molar-refractivity contribution in [2.75, 3.05) is 12.4 Å². The van der Waals surface area contributed by atoms with Gasteiger partial charge in [0, 0.05) is 18.3 Å². The summed E-state index contributed by atoms with van der Waals surface area (Å²) in [6.07, 6.45) is -1.95. The van der Waals surface area contributed by atoms with E-state index in [1.807, 2.05) is 13.8 Å². The third-order valence-electron chi connectivity index (χ3n) is 4.04. The Morgan fingerprint density at radius 3 is 2.40 bits per heavy atom. The fraction of sp³-hybridized carbons (Fsp3) is 0.929. The summed E-state index contributed by atoms with van der Waals surface area (Å²) in [7, 11) is 0. The molecule has 0 saturated heterocycles. The lowest BCUT2D eigenvalue weighted by Gasteiger charge is -2.33. The van der Waals surface area contributed by atoms with E-state index < -0.39 is 23.9 Å². The predicted molar refractivity (Wildman–Crippen MR) is 73.6 cm³/mol. The molecule has 20 heavy (non-hydrogen) atoms. The van der Waals surface area contributed by atoms with E-state index in [1.54, 1.807) is 0 Å². The molecule has 2 nitrogen and oxygen atoms in total. The van der Waals surface area contributed by atoms with E-state index in [0.29, 0.717) is 38.1 Å². The highest BCUT2D eigenvalue weighted by molar-refractivity contribution is 6.17. The maximum atomic E-state index is 12.9. The Morgan fingerprint density at radius 1 is 1.25 bits per heavy atom. The summed E-state index contributed by atoms with van der Waals surface area (Å²) in [5.74, 6) is -2.42. The summed E-state index contributed by atoms with van der Waals surface area (Å²) in [5, 5.41) is 2.68. The topological polar surface area (TPSA) is 29.1 Å². The molecule has 0 aromatic carbocycles. The first-order chi connectivity index (χ1) is 9.17. The zero-order chi connectivity index (χ0) is 15.4. The van der Waals surface area contributed by atoms with Crippen molar-refractivity contribution in [1.82, 2.24) is 5.32 Å². The minimum absolute atomic E-state index is 0.0622. The van der Waals surface area contributed by atoms with Crippen molar-refractivity contribution >= 4 is 17.5 Å². The van der Waals surface area contributed by atoms with E-state index in [-0.39, 0.29) is 11.8 Å². The molecule has 2 atom stereocenters. The van der Waals surface area contributed by atoms with Gasteiger partial charge in [0.25, 0.3) is 0 Å². The van der Waals surface area contributed by atoms with Gasteiger partial charge in [-0.3, -0.25) is 4.79 Å². The third kappa shape index (κ3) is 5.15. The van der Waals surface area contributed by atoms with Gasteiger partial charge in [-0.2, -0.15) is 13.2 Å². The lowest BCUT2D eigenvalue weighted by molar-refractivity contribution is -0.198. The molecule has 0 radical (unpaired) electrons. The van der Waals surface area contributed by atoms with Crippen LogP contribution in [0.5, 0.6) is 0 Å². The average molecular weight is 314 g/mol. The number of hydrogen-bond acceptors (Lipinski definition) is 1. The number of carbonyl (C=O) groups is 1. The number of nitrogens with one attached hydrogen (secondary N) is 1. The molecular weight excluding hydrogens is 291 g/mol. The van der Waals surface area contributed by atoms with Crippen molar-refractivity contribution in [2.45, 2.75) is 52.1 Å². The Balaban J connectivity index is 2.60. The molecule has 1 aliphatic carbocycles. The van der Waals surface area contributed by atoms with Gasteiger partial charge in [0.1, 0.15) is 0 Å². The standard InChI is InChI=1S/C14H23ClF3NO/c1-13(2,7-8-15)9-19-12(20)10-5-3-4-6-11(10)14(16,17)18/h10-11H,3-9H2,1-2H3,(H,19,20). The molecule has 0 aliphatic heterocycles. The summed E-state index contributed by atoms with van der Waals surface area (Å²) in [5.41, 5.74) is -0.195. The van der Waals surface area contributed by atoms with Gasteiger partial charge in [-0.05, 0) is 24.7 Å². The lowest BCUT2D eigenvalue weighted by Crippen LogP contribution is -2.44. The van der Waals surface area contributed by atoms with Crippen molar-refractivity contribution in [3.8, 4) is 0 Å². The van der Waals surface area contributed by atoms with E-state index >= 15 is 0 Å². The van der Waals surface area contributed by atoms with Crippen LogP contribution in [0.1, 0.15) is 46.0 Å². The predicted octanol–water partition coefficient (Wildman–Crippen LogP) is 4.13. The summed E-state index contributed by atoms with van der Waals surface area (Å²) < 4.78 is 38.8. The van der Waals surface area contributed by atoms with E-state index in [2.05, 4.69) is 5.32 Å². The van der Waals surface area contributed by atoms with E-state index in [0.717, 1.165) is 0 Å². The van der Waals surface area contributed by atoms with Crippen molar-refractivity contribution in [3.05, 3.63) is 0 Å². The minimum Gasteiger partial charge on any atom is -0.355 e. The Hall–Kier alpha value is -0.450. The molecule has 1 saturated carbocycles. The van der Waals surface area contributed by atoms with Crippen LogP contribution in [-0.2, 0) is 4.79 Å². The van der Waals surface area contributed by atoms with Crippen molar-refractivity contribution < 1.29 is 18.0 Å². The second-order valence-electron chi connectivity index (χ2n) is 6.36. The lowest BCUT2D eigenvalue weighted by atomic mass is 9.78. The molecule has 0 bridgehead atoms. The average Bonchev–Trinajstić information content (AvgIpc) is 2.35. The van der Waals surface area contributed by atoms with Crippen LogP contribution in [0.2, 0.25) is 0 Å². The fourth-order valence-electron chi connectivity index (χ4n) is 2.64. The van der Waals surface area contributed by atoms with Crippen LogP contribution in [0.4, 0.5) is 13.2 Å². The molecule has 0 spiro atoms. The highest BCUT2D eigenvalue weighted by Gasteiger charge is 2.48. The summed E-state index contributed by atoms with van der Waals surface area (Å²) in [6.45, 7) is 4.25. The summed E-state index contributed by atoms with van der Waals surface area (Å²) in [6, 6.07) is 0. The Kier molecular flexibility index (Phi) is 6.17. The van der Waals surface area contributed by atoms with Crippen molar-refractivity contribution in [1.29, 1.82) is 0 Å². The van der Waals surface area contributed by atoms with E-state index in [4.69, 9.17) is 11.6 Å². The monoisotopic (exact) mass is 313 g/mol. The molecule has 6 heteroatoms. The first kappa shape index (κ1) is 17.6. The van der Waals surface area contributed by atoms with E-state index in [1.165, 1.54) is 0 Å². The molecule has 118 valence electrons. The molecule has 0 heterocycles. The molecule has 1 aliphatic rings. The van der Waals surface area contributed by atoms with Gasteiger partial charge in [0.2, 0.25) is 5.91 Å². The number of halogens is 4. The maximum absolute atomic E-state index is 12.9. The van der Waals surface area contributed by atoms with Gasteiger partial charge in [-0.15, -0.1) is 11.6 Å². The number of amides is 1. The van der Waals surface area contributed by atoms with Crippen LogP contribution in [0, 0.1) is 17.3 Å². The van der Waals surface area contributed by atoms with Crippen LogP contribution in [0.15, 0.2) is 0 Å². The van der Waals surface area contributed by atoms with Crippen LogP contribution in [-0.4, -0.2) is 24.5 Å². The van der Waals surface area contributed by atoms with Crippen LogP contribution < -0.4 is 5.32 Å². The van der Waals surface area contributed by atoms with Crippen LogP contribution in [0.3, 0.4) is 0 Å². The zero-order valence-corrected chi connectivity index (χ0v) is 12.8.